The molecule has 210 valence electrons. The van der Waals surface area contributed by atoms with Crippen molar-refractivity contribution in [2.24, 2.45) is 5.73 Å². The monoisotopic (exact) mass is 600 g/mol. The van der Waals surface area contributed by atoms with Crippen LogP contribution in [0.15, 0.2) is 96.4 Å². The minimum absolute atomic E-state index is 0.0209. The number of benzene rings is 4. The molecule has 0 radical (unpaired) electrons. The Morgan fingerprint density at radius 2 is 1.71 bits per heavy atom. The quantitative estimate of drug-likeness (QED) is 0.196. The highest BCUT2D eigenvalue weighted by molar-refractivity contribution is 6.35. The van der Waals surface area contributed by atoms with Crippen molar-refractivity contribution in [3.05, 3.63) is 123 Å². The number of hydrogen-bond donors (Lipinski definition) is 1. The second-order valence-electron chi connectivity index (χ2n) is 9.50. The van der Waals surface area contributed by atoms with Gasteiger partial charge in [-0.3, -0.25) is 0 Å². The number of ether oxygens (including phenoxy) is 5. The van der Waals surface area contributed by atoms with Gasteiger partial charge in [-0.1, -0.05) is 59.6 Å². The predicted octanol–water partition coefficient (Wildman–Crippen LogP) is 6.54. The van der Waals surface area contributed by atoms with E-state index in [0.29, 0.717) is 38.6 Å². The Labute approximate surface area is 251 Å². The number of para-hydroxylation sites is 2. The second-order valence-corrected chi connectivity index (χ2v) is 10.3. The first-order valence-electron chi connectivity index (χ1n) is 12.9. The maximum atomic E-state index is 12.8. The van der Waals surface area contributed by atoms with Gasteiger partial charge in [0.2, 0.25) is 12.0 Å². The molecule has 2 heterocycles. The molecule has 2 N–H and O–H groups in total. The molecular formula is C32H22Cl2N2O6. The Hall–Kier alpha value is -4.84. The number of allylic oxidation sites excluding steroid dienone is 1. The molecule has 4 aromatic carbocycles. The zero-order chi connectivity index (χ0) is 29.2. The number of hydrogen-bond acceptors (Lipinski definition) is 8. The van der Waals surface area contributed by atoms with Crippen LogP contribution < -0.4 is 29.4 Å². The van der Waals surface area contributed by atoms with E-state index in [1.165, 1.54) is 0 Å². The van der Waals surface area contributed by atoms with E-state index in [1.54, 1.807) is 60.7 Å². The molecule has 10 heteroatoms. The molecule has 0 saturated heterocycles. The molecule has 0 spiro atoms. The van der Waals surface area contributed by atoms with Gasteiger partial charge in [0.05, 0.1) is 5.92 Å². The second kappa shape index (κ2) is 11.6. The number of halogens is 2. The third-order valence-electron chi connectivity index (χ3n) is 6.80. The lowest BCUT2D eigenvalue weighted by atomic mass is 9.83. The predicted molar refractivity (Wildman–Crippen MR) is 155 cm³/mol. The summed E-state index contributed by atoms with van der Waals surface area (Å²) in [6.07, 6.45) is -0.934. The van der Waals surface area contributed by atoms with Gasteiger partial charge in [-0.2, -0.15) is 5.26 Å². The Kier molecular flexibility index (Phi) is 7.53. The molecule has 8 nitrogen and oxygen atoms in total. The lowest BCUT2D eigenvalue weighted by Gasteiger charge is -2.27. The first kappa shape index (κ1) is 27.3. The molecule has 42 heavy (non-hydrogen) atoms. The molecule has 0 fully saturated rings. The van der Waals surface area contributed by atoms with Crippen molar-refractivity contribution in [1.29, 1.82) is 5.26 Å². The van der Waals surface area contributed by atoms with Crippen molar-refractivity contribution < 1.29 is 28.5 Å². The zero-order valence-corrected chi connectivity index (χ0v) is 23.4. The SMILES string of the molecule is N#CC1=C(N)Oc2cc(OC(=O)C3COc4ccccc4O3)ccc2C1c1ccc(OCc2ccc(Cl)cc2Cl)cc1. The Balaban J connectivity index is 1.19. The van der Waals surface area contributed by atoms with Crippen LogP contribution in [0.2, 0.25) is 10.0 Å². The minimum atomic E-state index is -0.934. The van der Waals surface area contributed by atoms with Gasteiger partial charge < -0.3 is 29.4 Å². The number of fused-ring (bicyclic) bond motifs is 2. The summed E-state index contributed by atoms with van der Waals surface area (Å²) < 4.78 is 28.6. The highest BCUT2D eigenvalue weighted by Crippen LogP contribution is 2.44. The fourth-order valence-electron chi connectivity index (χ4n) is 4.72. The Bertz CT molecular complexity index is 1750. The minimum Gasteiger partial charge on any atom is -0.489 e. The number of carbonyl (C=O) groups excluding carboxylic acids is 1. The number of nitriles is 1. The molecule has 6 rings (SSSR count). The third-order valence-corrected chi connectivity index (χ3v) is 7.39. The van der Waals surface area contributed by atoms with Crippen LogP contribution in [0, 0.1) is 11.3 Å². The molecule has 2 atom stereocenters. The summed E-state index contributed by atoms with van der Waals surface area (Å²) in [5.41, 5.74) is 8.71. The average Bonchev–Trinajstić information content (AvgIpc) is 3.00. The van der Waals surface area contributed by atoms with Crippen molar-refractivity contribution in [3.8, 4) is 34.8 Å². The first-order chi connectivity index (χ1) is 20.4. The van der Waals surface area contributed by atoms with Crippen molar-refractivity contribution in [3.63, 3.8) is 0 Å². The van der Waals surface area contributed by atoms with Crippen LogP contribution in [0.25, 0.3) is 0 Å². The summed E-state index contributed by atoms with van der Waals surface area (Å²) in [6, 6.07) is 26.8. The van der Waals surface area contributed by atoms with E-state index in [2.05, 4.69) is 6.07 Å². The summed E-state index contributed by atoms with van der Waals surface area (Å²) in [5, 5.41) is 11.0. The van der Waals surface area contributed by atoms with Crippen molar-refractivity contribution >= 4 is 29.2 Å². The largest absolute Gasteiger partial charge is 0.489 e. The van der Waals surface area contributed by atoms with Gasteiger partial charge in [0.15, 0.2) is 11.5 Å². The molecule has 2 unspecified atom stereocenters. The Morgan fingerprint density at radius 1 is 0.952 bits per heavy atom. The van der Waals surface area contributed by atoms with Gasteiger partial charge in [0.1, 0.15) is 42.1 Å². The molecule has 0 amide bonds. The molecule has 2 aliphatic rings. The summed E-state index contributed by atoms with van der Waals surface area (Å²) >= 11 is 12.2. The van der Waals surface area contributed by atoms with E-state index < -0.39 is 18.0 Å². The Morgan fingerprint density at radius 3 is 2.48 bits per heavy atom. The summed E-state index contributed by atoms with van der Waals surface area (Å²) in [7, 11) is 0. The standard InChI is InChI=1S/C32H22Cl2N2O6/c33-20-8-5-19(25(34)13-20)16-38-21-9-6-18(7-10-21)30-23-12-11-22(14-28(23)42-31(36)24(30)15-35)40-32(37)29-17-39-26-3-1-2-4-27(26)41-29/h1-14,29-30H,16-17,36H2. The lowest BCUT2D eigenvalue weighted by Crippen LogP contribution is -2.39. The fraction of sp³-hybridized carbons (Fsp3) is 0.125. The smallest absolute Gasteiger partial charge is 0.356 e. The van der Waals surface area contributed by atoms with Crippen LogP contribution in [0.5, 0.6) is 28.7 Å². The van der Waals surface area contributed by atoms with E-state index in [1.807, 2.05) is 24.3 Å². The number of esters is 1. The zero-order valence-electron chi connectivity index (χ0n) is 21.9. The van der Waals surface area contributed by atoms with Crippen LogP contribution >= 0.6 is 23.2 Å². The van der Waals surface area contributed by atoms with Crippen molar-refractivity contribution in [2.45, 2.75) is 18.6 Å². The molecule has 2 aliphatic heterocycles. The van der Waals surface area contributed by atoms with E-state index in [-0.39, 0.29) is 30.4 Å². The molecule has 0 aromatic heterocycles. The normalized spacial score (nSPS) is 17.0. The highest BCUT2D eigenvalue weighted by Gasteiger charge is 2.33. The molecular weight excluding hydrogens is 579 g/mol. The summed E-state index contributed by atoms with van der Waals surface area (Å²) in [5.74, 6) is 1.10. The van der Waals surface area contributed by atoms with E-state index in [4.69, 9.17) is 52.6 Å². The van der Waals surface area contributed by atoms with E-state index in [0.717, 1.165) is 11.1 Å². The molecule has 0 aliphatic carbocycles. The van der Waals surface area contributed by atoms with E-state index in [9.17, 15) is 10.1 Å². The van der Waals surface area contributed by atoms with Gasteiger partial charge in [-0.05, 0) is 48.0 Å². The van der Waals surface area contributed by atoms with Crippen molar-refractivity contribution in [1.82, 2.24) is 0 Å². The van der Waals surface area contributed by atoms with Gasteiger partial charge in [0, 0.05) is 27.2 Å². The number of rotatable bonds is 6. The molecule has 4 aromatic rings. The lowest BCUT2D eigenvalue weighted by molar-refractivity contribution is -0.144. The first-order valence-corrected chi connectivity index (χ1v) is 13.6. The fourth-order valence-corrected chi connectivity index (χ4v) is 5.18. The topological polar surface area (TPSA) is 113 Å². The average molecular weight is 601 g/mol. The van der Waals surface area contributed by atoms with E-state index >= 15 is 0 Å². The maximum absolute atomic E-state index is 12.8. The number of carbonyl (C=O) groups is 1. The third kappa shape index (κ3) is 5.53. The van der Waals surface area contributed by atoms with Gasteiger partial charge in [-0.25, -0.2) is 4.79 Å². The van der Waals surface area contributed by atoms with Gasteiger partial charge in [0.25, 0.3) is 0 Å². The van der Waals surface area contributed by atoms with Gasteiger partial charge in [-0.15, -0.1) is 0 Å². The van der Waals surface area contributed by atoms with Crippen LogP contribution in [0.3, 0.4) is 0 Å². The van der Waals surface area contributed by atoms with Crippen LogP contribution in [0.4, 0.5) is 0 Å². The maximum Gasteiger partial charge on any atom is 0.356 e. The number of nitrogens with two attached hydrogens (primary N) is 1. The molecule has 0 bridgehead atoms. The number of nitrogens with zero attached hydrogens (tertiary/aromatic N) is 1. The van der Waals surface area contributed by atoms with Crippen molar-refractivity contribution in [2.75, 3.05) is 6.61 Å². The van der Waals surface area contributed by atoms with Gasteiger partial charge >= 0.3 is 5.97 Å². The molecule has 0 saturated carbocycles. The van der Waals surface area contributed by atoms with Crippen LogP contribution in [-0.4, -0.2) is 18.7 Å². The highest BCUT2D eigenvalue weighted by atomic mass is 35.5. The summed E-state index contributed by atoms with van der Waals surface area (Å²) in [4.78, 5) is 12.8. The summed E-state index contributed by atoms with van der Waals surface area (Å²) in [6.45, 7) is 0.283. The van der Waals surface area contributed by atoms with Crippen LogP contribution in [0.1, 0.15) is 22.6 Å². The van der Waals surface area contributed by atoms with Crippen LogP contribution in [-0.2, 0) is 11.4 Å².